The van der Waals surface area contributed by atoms with Crippen molar-refractivity contribution >= 4 is 27.3 Å². The highest BCUT2D eigenvalue weighted by Gasteiger charge is 2.27. The van der Waals surface area contributed by atoms with Crippen molar-refractivity contribution in [1.29, 1.82) is 0 Å². The molecule has 0 bridgehead atoms. The van der Waals surface area contributed by atoms with Gasteiger partial charge in [0.2, 0.25) is 0 Å². The number of rotatable bonds is 4. The summed E-state index contributed by atoms with van der Waals surface area (Å²) in [5.41, 5.74) is 5.86. The molecular formula is C14H22BrNOS. The second kappa shape index (κ2) is 6.51. The predicted octanol–water partition coefficient (Wildman–Crippen LogP) is 4.35. The second-order valence-electron chi connectivity index (χ2n) is 5.42. The minimum absolute atomic E-state index is 0.0620. The number of hydrogen-bond acceptors (Lipinski definition) is 3. The van der Waals surface area contributed by atoms with Gasteiger partial charge in [0.1, 0.15) is 6.10 Å². The lowest BCUT2D eigenvalue weighted by Gasteiger charge is -2.33. The summed E-state index contributed by atoms with van der Waals surface area (Å²) in [5.74, 6) is 1.59. The van der Waals surface area contributed by atoms with E-state index in [1.807, 2.05) is 0 Å². The zero-order chi connectivity index (χ0) is 13.1. The third-order valence-electron chi connectivity index (χ3n) is 4.03. The first-order valence-electron chi connectivity index (χ1n) is 6.69. The van der Waals surface area contributed by atoms with Crippen LogP contribution in [0, 0.1) is 11.8 Å². The lowest BCUT2D eigenvalue weighted by Crippen LogP contribution is -2.29. The minimum Gasteiger partial charge on any atom is -0.368 e. The maximum absolute atomic E-state index is 6.22. The summed E-state index contributed by atoms with van der Waals surface area (Å²) < 4.78 is 7.34. The van der Waals surface area contributed by atoms with Crippen LogP contribution < -0.4 is 5.73 Å². The van der Waals surface area contributed by atoms with E-state index in [0.29, 0.717) is 12.6 Å². The van der Waals surface area contributed by atoms with Crippen LogP contribution >= 0.6 is 27.3 Å². The van der Waals surface area contributed by atoms with Gasteiger partial charge in [-0.2, -0.15) is 0 Å². The molecule has 1 saturated carbocycles. The Labute approximate surface area is 122 Å². The molecule has 1 aliphatic rings. The van der Waals surface area contributed by atoms with Crippen molar-refractivity contribution in [2.24, 2.45) is 17.6 Å². The standard InChI is InChI=1S/C14H22BrNOS/c1-9-3-4-12(5-10(9)2)17-13(7-16)14-6-11(15)8-18-14/h6,8-10,12-13H,3-5,7,16H2,1-2H3. The van der Waals surface area contributed by atoms with Gasteiger partial charge in [-0.15, -0.1) is 11.3 Å². The zero-order valence-corrected chi connectivity index (χ0v) is 13.5. The number of ether oxygens (including phenoxy) is 1. The van der Waals surface area contributed by atoms with Gasteiger partial charge in [0.05, 0.1) is 6.10 Å². The van der Waals surface area contributed by atoms with E-state index in [0.717, 1.165) is 16.3 Å². The Morgan fingerprint density at radius 2 is 2.22 bits per heavy atom. The normalized spacial score (nSPS) is 30.3. The summed E-state index contributed by atoms with van der Waals surface area (Å²) in [6, 6.07) is 2.12. The van der Waals surface area contributed by atoms with Gasteiger partial charge in [-0.05, 0) is 53.1 Å². The van der Waals surface area contributed by atoms with Gasteiger partial charge in [-0.25, -0.2) is 0 Å². The van der Waals surface area contributed by atoms with Gasteiger partial charge in [0.25, 0.3) is 0 Å². The highest BCUT2D eigenvalue weighted by molar-refractivity contribution is 9.10. The molecule has 102 valence electrons. The van der Waals surface area contributed by atoms with Crippen molar-refractivity contribution in [3.63, 3.8) is 0 Å². The molecule has 1 heterocycles. The van der Waals surface area contributed by atoms with Crippen LogP contribution in [0.25, 0.3) is 0 Å². The molecule has 2 nitrogen and oxygen atoms in total. The fourth-order valence-electron chi connectivity index (χ4n) is 2.59. The Hall–Kier alpha value is 0.1000. The van der Waals surface area contributed by atoms with E-state index in [9.17, 15) is 0 Å². The van der Waals surface area contributed by atoms with Gasteiger partial charge in [0, 0.05) is 21.3 Å². The van der Waals surface area contributed by atoms with E-state index in [1.54, 1.807) is 11.3 Å². The number of halogens is 1. The van der Waals surface area contributed by atoms with Crippen LogP contribution in [0.4, 0.5) is 0 Å². The Morgan fingerprint density at radius 3 is 2.78 bits per heavy atom. The Morgan fingerprint density at radius 1 is 1.44 bits per heavy atom. The molecule has 4 atom stereocenters. The number of nitrogens with two attached hydrogens (primary N) is 1. The molecule has 0 amide bonds. The molecule has 0 aliphatic heterocycles. The highest BCUT2D eigenvalue weighted by atomic mass is 79.9. The predicted molar refractivity (Wildman–Crippen MR) is 80.9 cm³/mol. The lowest BCUT2D eigenvalue weighted by molar-refractivity contribution is -0.0434. The Bertz CT molecular complexity index is 382. The molecule has 0 aromatic carbocycles. The molecule has 4 unspecified atom stereocenters. The first kappa shape index (κ1) is 14.5. The summed E-state index contributed by atoms with van der Waals surface area (Å²) in [4.78, 5) is 1.23. The van der Waals surface area contributed by atoms with Crippen molar-refractivity contribution in [3.05, 3.63) is 20.8 Å². The first-order chi connectivity index (χ1) is 8.60. The maximum atomic E-state index is 6.22. The van der Waals surface area contributed by atoms with Gasteiger partial charge in [-0.3, -0.25) is 0 Å². The van der Waals surface area contributed by atoms with Crippen LogP contribution in [0.15, 0.2) is 15.9 Å². The largest absolute Gasteiger partial charge is 0.368 e. The monoisotopic (exact) mass is 331 g/mol. The molecule has 0 radical (unpaired) electrons. The molecule has 1 aromatic rings. The Balaban J connectivity index is 1.94. The second-order valence-corrected chi connectivity index (χ2v) is 7.28. The van der Waals surface area contributed by atoms with Crippen LogP contribution in [0.1, 0.15) is 44.1 Å². The molecular weight excluding hydrogens is 310 g/mol. The van der Waals surface area contributed by atoms with Crippen molar-refractivity contribution in [3.8, 4) is 0 Å². The van der Waals surface area contributed by atoms with E-state index in [-0.39, 0.29) is 6.10 Å². The average molecular weight is 332 g/mol. The van der Waals surface area contributed by atoms with Gasteiger partial charge in [0.15, 0.2) is 0 Å². The zero-order valence-electron chi connectivity index (χ0n) is 11.1. The Kier molecular flexibility index (Phi) is 5.24. The summed E-state index contributed by atoms with van der Waals surface area (Å²) >= 11 is 5.21. The molecule has 0 spiro atoms. The average Bonchev–Trinajstić information content (AvgIpc) is 2.77. The van der Waals surface area contributed by atoms with Crippen LogP contribution in [-0.2, 0) is 4.74 Å². The first-order valence-corrected chi connectivity index (χ1v) is 8.37. The number of thiophene rings is 1. The van der Waals surface area contributed by atoms with E-state index in [2.05, 4.69) is 41.2 Å². The van der Waals surface area contributed by atoms with Gasteiger partial charge in [-0.1, -0.05) is 13.8 Å². The maximum Gasteiger partial charge on any atom is 0.104 e. The van der Waals surface area contributed by atoms with Crippen LogP contribution in [0.5, 0.6) is 0 Å². The summed E-state index contributed by atoms with van der Waals surface area (Å²) in [5, 5.41) is 2.09. The van der Waals surface area contributed by atoms with E-state index in [1.165, 1.54) is 24.1 Å². The summed E-state index contributed by atoms with van der Waals surface area (Å²) in [7, 11) is 0. The van der Waals surface area contributed by atoms with Crippen LogP contribution in [0.2, 0.25) is 0 Å². The fourth-order valence-corrected chi connectivity index (χ4v) is 4.08. The van der Waals surface area contributed by atoms with Gasteiger partial charge < -0.3 is 10.5 Å². The number of hydrogen-bond donors (Lipinski definition) is 1. The van der Waals surface area contributed by atoms with E-state index >= 15 is 0 Å². The highest BCUT2D eigenvalue weighted by Crippen LogP contribution is 2.35. The lowest BCUT2D eigenvalue weighted by atomic mass is 9.80. The van der Waals surface area contributed by atoms with Crippen molar-refractivity contribution in [1.82, 2.24) is 0 Å². The molecule has 18 heavy (non-hydrogen) atoms. The topological polar surface area (TPSA) is 35.2 Å². The molecule has 2 N–H and O–H groups in total. The fraction of sp³-hybridized carbons (Fsp3) is 0.714. The van der Waals surface area contributed by atoms with E-state index < -0.39 is 0 Å². The SMILES string of the molecule is CC1CCC(OC(CN)c2cc(Br)cs2)CC1C. The minimum atomic E-state index is 0.0620. The smallest absolute Gasteiger partial charge is 0.104 e. The summed E-state index contributed by atoms with van der Waals surface area (Å²) in [6.45, 7) is 5.24. The van der Waals surface area contributed by atoms with Crippen molar-refractivity contribution in [2.45, 2.75) is 45.3 Å². The van der Waals surface area contributed by atoms with E-state index in [4.69, 9.17) is 10.5 Å². The summed E-state index contributed by atoms with van der Waals surface area (Å²) in [6.07, 6.45) is 4.06. The van der Waals surface area contributed by atoms with Crippen molar-refractivity contribution < 1.29 is 4.74 Å². The van der Waals surface area contributed by atoms with Crippen molar-refractivity contribution in [2.75, 3.05) is 6.54 Å². The molecule has 1 aromatic heterocycles. The third-order valence-corrected chi connectivity index (χ3v) is 5.81. The molecule has 1 aliphatic carbocycles. The molecule has 2 rings (SSSR count). The molecule has 4 heteroatoms. The van der Waals surface area contributed by atoms with Gasteiger partial charge >= 0.3 is 0 Å². The van der Waals surface area contributed by atoms with Crippen LogP contribution in [0.3, 0.4) is 0 Å². The molecule has 1 fully saturated rings. The quantitative estimate of drug-likeness (QED) is 0.889. The third kappa shape index (κ3) is 3.56. The van der Waals surface area contributed by atoms with Crippen LogP contribution in [-0.4, -0.2) is 12.6 Å². The molecule has 0 saturated heterocycles.